The van der Waals surface area contributed by atoms with Crippen molar-refractivity contribution in [3.05, 3.63) is 36.0 Å². The molecule has 1 fully saturated rings. The fraction of sp³-hybridized carbons (Fsp3) is 0.500. The van der Waals surface area contributed by atoms with Gasteiger partial charge in [-0.2, -0.15) is 0 Å². The molecule has 0 spiro atoms. The topological polar surface area (TPSA) is 54.2 Å². The fourth-order valence-corrected chi connectivity index (χ4v) is 2.36. The van der Waals surface area contributed by atoms with Crippen molar-refractivity contribution < 1.29 is 4.42 Å². The van der Waals surface area contributed by atoms with Gasteiger partial charge in [-0.05, 0) is 38.8 Å². The number of furan rings is 1. The van der Waals surface area contributed by atoms with E-state index in [1.54, 1.807) is 6.26 Å². The van der Waals surface area contributed by atoms with Gasteiger partial charge in [0, 0.05) is 25.1 Å². The largest absolute Gasteiger partial charge is 0.467 e. The van der Waals surface area contributed by atoms with E-state index in [9.17, 15) is 0 Å². The lowest BCUT2D eigenvalue weighted by Gasteiger charge is -2.22. The number of hydrogen-bond acceptors (Lipinski definition) is 5. The van der Waals surface area contributed by atoms with Crippen molar-refractivity contribution in [1.82, 2.24) is 9.97 Å². The third-order valence-corrected chi connectivity index (χ3v) is 3.66. The molecule has 0 radical (unpaired) electrons. The minimum Gasteiger partial charge on any atom is -0.467 e. The van der Waals surface area contributed by atoms with Crippen LogP contribution < -0.4 is 10.2 Å². The van der Waals surface area contributed by atoms with E-state index >= 15 is 0 Å². The normalized spacial score (nSPS) is 14.2. The molecule has 5 nitrogen and oxygen atoms in total. The second kappa shape index (κ2) is 6.16. The highest BCUT2D eigenvalue weighted by molar-refractivity contribution is 5.50. The number of aromatic nitrogens is 2. The van der Waals surface area contributed by atoms with Gasteiger partial charge in [0.25, 0.3) is 0 Å². The maximum atomic E-state index is 5.45. The summed E-state index contributed by atoms with van der Waals surface area (Å²) in [5, 5.41) is 3.31. The molecule has 2 aromatic rings. The number of anilines is 2. The lowest BCUT2D eigenvalue weighted by atomic mass is 10.3. The highest BCUT2D eigenvalue weighted by Crippen LogP contribution is 2.39. The van der Waals surface area contributed by atoms with E-state index in [1.165, 1.54) is 12.8 Å². The molecule has 3 rings (SSSR count). The predicted molar refractivity (Wildman–Crippen MR) is 83.6 cm³/mol. The highest BCUT2D eigenvalue weighted by atomic mass is 16.3. The summed E-state index contributed by atoms with van der Waals surface area (Å²) in [5.74, 6) is 4.36. The summed E-state index contributed by atoms with van der Waals surface area (Å²) < 4.78 is 5.45. The Morgan fingerprint density at radius 2 is 2.19 bits per heavy atom. The molecule has 1 aliphatic carbocycles. The van der Waals surface area contributed by atoms with Crippen molar-refractivity contribution in [2.75, 3.05) is 23.3 Å². The van der Waals surface area contributed by atoms with E-state index in [-0.39, 0.29) is 0 Å². The quantitative estimate of drug-likeness (QED) is 0.845. The molecule has 0 saturated heterocycles. The van der Waals surface area contributed by atoms with Gasteiger partial charge >= 0.3 is 0 Å². The fourth-order valence-electron chi connectivity index (χ4n) is 2.36. The van der Waals surface area contributed by atoms with E-state index in [0.717, 1.165) is 42.9 Å². The van der Waals surface area contributed by atoms with Crippen LogP contribution in [0.5, 0.6) is 0 Å². The predicted octanol–water partition coefficient (Wildman–Crippen LogP) is 3.41. The Kier molecular flexibility index (Phi) is 4.08. The first-order valence-corrected chi connectivity index (χ1v) is 7.70. The van der Waals surface area contributed by atoms with E-state index in [1.807, 2.05) is 18.2 Å². The van der Waals surface area contributed by atoms with Crippen LogP contribution in [0.2, 0.25) is 0 Å². The van der Waals surface area contributed by atoms with Gasteiger partial charge in [-0.1, -0.05) is 0 Å². The van der Waals surface area contributed by atoms with E-state index in [0.29, 0.717) is 5.92 Å². The van der Waals surface area contributed by atoms with Crippen LogP contribution in [-0.4, -0.2) is 23.1 Å². The van der Waals surface area contributed by atoms with Crippen LogP contribution >= 0.6 is 0 Å². The van der Waals surface area contributed by atoms with Crippen LogP contribution in [0.25, 0.3) is 0 Å². The maximum Gasteiger partial charge on any atom is 0.136 e. The summed E-state index contributed by atoms with van der Waals surface area (Å²) in [7, 11) is 0. The Morgan fingerprint density at radius 1 is 1.33 bits per heavy atom. The molecule has 2 aromatic heterocycles. The molecule has 1 saturated carbocycles. The Morgan fingerprint density at radius 3 is 2.81 bits per heavy atom. The molecule has 112 valence electrons. The van der Waals surface area contributed by atoms with Gasteiger partial charge < -0.3 is 14.6 Å². The molecule has 2 heterocycles. The molecule has 0 aromatic carbocycles. The minimum atomic E-state index is 0.546. The highest BCUT2D eigenvalue weighted by Gasteiger charge is 2.28. The van der Waals surface area contributed by atoms with E-state index in [2.05, 4.69) is 29.0 Å². The van der Waals surface area contributed by atoms with Crippen molar-refractivity contribution in [2.45, 2.75) is 39.2 Å². The Hall–Kier alpha value is -2.04. The van der Waals surface area contributed by atoms with Crippen molar-refractivity contribution in [3.63, 3.8) is 0 Å². The second-order valence-electron chi connectivity index (χ2n) is 5.37. The summed E-state index contributed by atoms with van der Waals surface area (Å²) in [6, 6.07) is 5.95. The van der Waals surface area contributed by atoms with E-state index in [4.69, 9.17) is 9.40 Å². The van der Waals surface area contributed by atoms with Gasteiger partial charge in [0.1, 0.15) is 23.2 Å². The van der Waals surface area contributed by atoms with E-state index < -0.39 is 0 Å². The number of nitrogens with zero attached hydrogens (tertiary/aromatic N) is 3. The molecule has 5 heteroatoms. The number of nitrogens with one attached hydrogen (secondary N) is 1. The van der Waals surface area contributed by atoms with Crippen LogP contribution in [0, 0.1) is 0 Å². The van der Waals surface area contributed by atoms with Gasteiger partial charge in [0.05, 0.1) is 12.8 Å². The standard InChI is InChI=1S/C16H22N4O/c1-3-17-14-10-15(19-16(18-14)12-7-8-12)20(4-2)11-13-6-5-9-21-13/h5-6,9-10,12H,3-4,7-8,11H2,1-2H3,(H,17,18,19). The first-order valence-electron chi connectivity index (χ1n) is 7.70. The number of rotatable bonds is 7. The molecule has 0 unspecified atom stereocenters. The molecular formula is C16H22N4O. The summed E-state index contributed by atoms with van der Waals surface area (Å²) in [6.45, 7) is 6.70. The molecule has 1 N–H and O–H groups in total. The van der Waals surface area contributed by atoms with Gasteiger partial charge in [0.15, 0.2) is 0 Å². The van der Waals surface area contributed by atoms with Crippen molar-refractivity contribution in [3.8, 4) is 0 Å². The summed E-state index contributed by atoms with van der Waals surface area (Å²) in [4.78, 5) is 11.6. The lowest BCUT2D eigenvalue weighted by Crippen LogP contribution is -2.23. The second-order valence-corrected chi connectivity index (χ2v) is 5.37. The van der Waals surface area contributed by atoms with Gasteiger partial charge in [0.2, 0.25) is 0 Å². The van der Waals surface area contributed by atoms with Crippen LogP contribution in [-0.2, 0) is 6.54 Å². The van der Waals surface area contributed by atoms with Crippen molar-refractivity contribution in [1.29, 1.82) is 0 Å². The zero-order chi connectivity index (χ0) is 14.7. The van der Waals surface area contributed by atoms with Crippen LogP contribution in [0.3, 0.4) is 0 Å². The Bertz CT molecular complexity index is 578. The first kappa shape index (κ1) is 13.9. The molecular weight excluding hydrogens is 264 g/mol. The van der Waals surface area contributed by atoms with Crippen molar-refractivity contribution >= 4 is 11.6 Å². The summed E-state index contributed by atoms with van der Waals surface area (Å²) >= 11 is 0. The maximum absolute atomic E-state index is 5.45. The first-order chi connectivity index (χ1) is 10.3. The molecule has 0 atom stereocenters. The average Bonchev–Trinajstić information content (AvgIpc) is 3.22. The SMILES string of the molecule is CCNc1cc(N(CC)Cc2ccco2)nc(C2CC2)n1. The monoisotopic (exact) mass is 286 g/mol. The molecule has 0 bridgehead atoms. The van der Waals surface area contributed by atoms with Crippen molar-refractivity contribution in [2.24, 2.45) is 0 Å². The Balaban J connectivity index is 1.86. The molecule has 1 aliphatic rings. The molecule has 21 heavy (non-hydrogen) atoms. The third-order valence-electron chi connectivity index (χ3n) is 3.66. The van der Waals surface area contributed by atoms with Crippen LogP contribution in [0.4, 0.5) is 11.6 Å². The zero-order valence-corrected chi connectivity index (χ0v) is 12.7. The summed E-state index contributed by atoms with van der Waals surface area (Å²) in [5.41, 5.74) is 0. The zero-order valence-electron chi connectivity index (χ0n) is 12.7. The minimum absolute atomic E-state index is 0.546. The lowest BCUT2D eigenvalue weighted by molar-refractivity contribution is 0.502. The van der Waals surface area contributed by atoms with Gasteiger partial charge in [-0.3, -0.25) is 0 Å². The number of hydrogen-bond donors (Lipinski definition) is 1. The molecule has 0 amide bonds. The van der Waals surface area contributed by atoms with Crippen LogP contribution in [0.1, 0.15) is 44.2 Å². The molecule has 0 aliphatic heterocycles. The summed E-state index contributed by atoms with van der Waals surface area (Å²) in [6.07, 6.45) is 4.13. The Labute approximate surface area is 125 Å². The van der Waals surface area contributed by atoms with Gasteiger partial charge in [-0.25, -0.2) is 9.97 Å². The van der Waals surface area contributed by atoms with Crippen LogP contribution in [0.15, 0.2) is 28.9 Å². The third kappa shape index (κ3) is 3.35. The average molecular weight is 286 g/mol. The smallest absolute Gasteiger partial charge is 0.136 e. The van der Waals surface area contributed by atoms with Gasteiger partial charge in [-0.15, -0.1) is 0 Å².